The lowest BCUT2D eigenvalue weighted by Crippen LogP contribution is -2.38. The fourth-order valence-corrected chi connectivity index (χ4v) is 2.81. The van der Waals surface area contributed by atoms with Crippen molar-refractivity contribution in [1.29, 1.82) is 0 Å². The van der Waals surface area contributed by atoms with Gasteiger partial charge in [-0.1, -0.05) is 0 Å². The maximum atomic E-state index is 12.0. The van der Waals surface area contributed by atoms with Gasteiger partial charge in [0.25, 0.3) is 0 Å². The van der Waals surface area contributed by atoms with Crippen LogP contribution in [0.3, 0.4) is 0 Å². The Balaban J connectivity index is 1.68. The molecule has 2 heterocycles. The first kappa shape index (κ1) is 11.9. The van der Waals surface area contributed by atoms with E-state index in [0.717, 1.165) is 6.42 Å². The molecule has 18 heavy (non-hydrogen) atoms. The molecule has 1 aliphatic carbocycles. The Morgan fingerprint density at radius 3 is 3.06 bits per heavy atom. The van der Waals surface area contributed by atoms with E-state index in [0.29, 0.717) is 28.1 Å². The van der Waals surface area contributed by atoms with E-state index in [-0.39, 0.29) is 11.9 Å². The molecule has 1 saturated heterocycles. The zero-order chi connectivity index (χ0) is 12.7. The number of hydrogen-bond acceptors (Lipinski definition) is 4. The van der Waals surface area contributed by atoms with E-state index in [1.54, 1.807) is 19.2 Å². The summed E-state index contributed by atoms with van der Waals surface area (Å²) in [6.45, 7) is 0. The van der Waals surface area contributed by atoms with Crippen molar-refractivity contribution < 1.29 is 9.53 Å². The number of hydrogen-bond donors (Lipinski definition) is 2. The molecule has 2 aliphatic rings. The summed E-state index contributed by atoms with van der Waals surface area (Å²) in [6, 6.07) is 3.93. The molecule has 0 radical (unpaired) electrons. The van der Waals surface area contributed by atoms with Crippen LogP contribution in [0.25, 0.3) is 0 Å². The summed E-state index contributed by atoms with van der Waals surface area (Å²) in [5.74, 6) is 1.85. The molecule has 2 N–H and O–H groups in total. The highest BCUT2D eigenvalue weighted by atomic mass is 79.9. The number of nitrogens with zero attached hydrogens (tertiary/aromatic N) is 1. The molecule has 1 aliphatic heterocycles. The van der Waals surface area contributed by atoms with Gasteiger partial charge in [0.05, 0.1) is 13.2 Å². The third-order valence-corrected chi connectivity index (χ3v) is 3.85. The number of piperidine rings is 1. The van der Waals surface area contributed by atoms with E-state index in [1.807, 2.05) is 0 Å². The first-order valence-electron chi connectivity index (χ1n) is 5.94. The minimum Gasteiger partial charge on any atom is -0.497 e. The van der Waals surface area contributed by atoms with Crippen molar-refractivity contribution >= 4 is 27.7 Å². The third kappa shape index (κ3) is 2.35. The molecule has 6 heteroatoms. The number of amides is 1. The molecule has 96 valence electrons. The van der Waals surface area contributed by atoms with Crippen LogP contribution in [0.5, 0.6) is 5.75 Å². The van der Waals surface area contributed by atoms with Gasteiger partial charge >= 0.3 is 0 Å². The number of fused-ring (bicyclic) bond motifs is 1. The monoisotopic (exact) mass is 311 g/mol. The quantitative estimate of drug-likeness (QED) is 0.831. The van der Waals surface area contributed by atoms with E-state index in [2.05, 4.69) is 31.5 Å². The van der Waals surface area contributed by atoms with Crippen molar-refractivity contribution in [3.63, 3.8) is 0 Å². The van der Waals surface area contributed by atoms with Crippen molar-refractivity contribution in [3.05, 3.63) is 16.7 Å². The molecular weight excluding hydrogens is 298 g/mol. The SMILES string of the molecule is COc1cc(Br)nc(NC(=O)[C@@H]2C[C@H]3C[C@H]3N2)c1. The maximum Gasteiger partial charge on any atom is 0.242 e. The fraction of sp³-hybridized carbons (Fsp3) is 0.500. The molecule has 1 saturated carbocycles. The molecule has 0 unspecified atom stereocenters. The first-order valence-corrected chi connectivity index (χ1v) is 6.73. The summed E-state index contributed by atoms with van der Waals surface area (Å²) < 4.78 is 5.77. The highest BCUT2D eigenvalue weighted by Gasteiger charge is 2.47. The number of methoxy groups -OCH3 is 1. The maximum absolute atomic E-state index is 12.0. The van der Waals surface area contributed by atoms with Crippen LogP contribution in [0.1, 0.15) is 12.8 Å². The van der Waals surface area contributed by atoms with Crippen molar-refractivity contribution in [2.24, 2.45) is 5.92 Å². The molecule has 1 amide bonds. The Morgan fingerprint density at radius 1 is 1.56 bits per heavy atom. The van der Waals surface area contributed by atoms with E-state index in [1.165, 1.54) is 6.42 Å². The van der Waals surface area contributed by atoms with E-state index in [9.17, 15) is 4.79 Å². The smallest absolute Gasteiger partial charge is 0.242 e. The molecule has 1 aromatic heterocycles. The van der Waals surface area contributed by atoms with Gasteiger partial charge in [-0.25, -0.2) is 4.98 Å². The largest absolute Gasteiger partial charge is 0.497 e. The van der Waals surface area contributed by atoms with Gasteiger partial charge < -0.3 is 15.4 Å². The van der Waals surface area contributed by atoms with Crippen LogP contribution in [0.15, 0.2) is 16.7 Å². The second kappa shape index (κ2) is 4.51. The second-order valence-electron chi connectivity index (χ2n) is 4.76. The zero-order valence-electron chi connectivity index (χ0n) is 9.94. The van der Waals surface area contributed by atoms with Crippen LogP contribution >= 0.6 is 15.9 Å². The predicted octanol–water partition coefficient (Wildman–Crippen LogP) is 1.54. The van der Waals surface area contributed by atoms with Crippen LogP contribution < -0.4 is 15.4 Å². The Hall–Kier alpha value is -1.14. The van der Waals surface area contributed by atoms with Crippen LogP contribution in [0.4, 0.5) is 5.82 Å². The lowest BCUT2D eigenvalue weighted by Gasteiger charge is -2.13. The molecule has 0 spiro atoms. The van der Waals surface area contributed by atoms with Gasteiger partial charge in [0.15, 0.2) is 0 Å². The van der Waals surface area contributed by atoms with Crippen LogP contribution in [0, 0.1) is 5.92 Å². The van der Waals surface area contributed by atoms with Gasteiger partial charge in [-0.2, -0.15) is 0 Å². The van der Waals surface area contributed by atoms with Crippen LogP contribution in [-0.2, 0) is 4.79 Å². The summed E-state index contributed by atoms with van der Waals surface area (Å²) in [6.07, 6.45) is 2.15. The van der Waals surface area contributed by atoms with Gasteiger partial charge in [-0.15, -0.1) is 0 Å². The fourth-order valence-electron chi connectivity index (χ4n) is 2.39. The Kier molecular flexibility index (Phi) is 2.99. The van der Waals surface area contributed by atoms with E-state index < -0.39 is 0 Å². The van der Waals surface area contributed by atoms with Gasteiger partial charge in [-0.3, -0.25) is 4.79 Å². The average Bonchev–Trinajstić information content (AvgIpc) is 2.95. The first-order chi connectivity index (χ1) is 8.65. The van der Waals surface area contributed by atoms with Crippen LogP contribution in [-0.4, -0.2) is 30.1 Å². The van der Waals surface area contributed by atoms with Crippen molar-refractivity contribution in [2.45, 2.75) is 24.9 Å². The second-order valence-corrected chi connectivity index (χ2v) is 5.57. The summed E-state index contributed by atoms with van der Waals surface area (Å²) in [5, 5.41) is 6.13. The third-order valence-electron chi connectivity index (χ3n) is 3.45. The molecule has 0 aromatic carbocycles. The minimum atomic E-state index is -0.0828. The lowest BCUT2D eigenvalue weighted by molar-refractivity contribution is -0.118. The molecule has 3 atom stereocenters. The zero-order valence-corrected chi connectivity index (χ0v) is 11.5. The van der Waals surface area contributed by atoms with Gasteiger partial charge in [0.1, 0.15) is 16.2 Å². The number of pyridine rings is 1. The van der Waals surface area contributed by atoms with Crippen LogP contribution in [0.2, 0.25) is 0 Å². The number of halogens is 1. The normalized spacial score (nSPS) is 28.7. The van der Waals surface area contributed by atoms with Crippen molar-refractivity contribution in [1.82, 2.24) is 10.3 Å². The topological polar surface area (TPSA) is 63.2 Å². The highest BCUT2D eigenvalue weighted by Crippen LogP contribution is 2.40. The number of ether oxygens (including phenoxy) is 1. The number of carbonyl (C=O) groups excluding carboxylic acids is 1. The summed E-state index contributed by atoms with van der Waals surface area (Å²) in [4.78, 5) is 16.2. The van der Waals surface area contributed by atoms with Crippen molar-refractivity contribution in [3.8, 4) is 5.75 Å². The number of rotatable bonds is 3. The van der Waals surface area contributed by atoms with Gasteiger partial charge in [-0.05, 0) is 34.7 Å². The number of nitrogens with one attached hydrogen (secondary N) is 2. The summed E-state index contributed by atoms with van der Waals surface area (Å²) in [5.41, 5.74) is 0. The standard InChI is InChI=1S/C12H14BrN3O2/c1-18-7-4-10(13)15-11(5-7)16-12(17)9-3-6-2-8(6)14-9/h4-6,8-9,14H,2-3H2,1H3,(H,15,16,17)/t6-,8-,9+/m1/s1. The average molecular weight is 312 g/mol. The Labute approximate surface area is 113 Å². The molecule has 5 nitrogen and oxygen atoms in total. The van der Waals surface area contributed by atoms with E-state index >= 15 is 0 Å². The number of carbonyl (C=O) groups is 1. The minimum absolute atomic E-state index is 0.0187. The number of anilines is 1. The highest BCUT2D eigenvalue weighted by molar-refractivity contribution is 9.10. The summed E-state index contributed by atoms with van der Waals surface area (Å²) in [7, 11) is 1.58. The summed E-state index contributed by atoms with van der Waals surface area (Å²) >= 11 is 3.29. The van der Waals surface area contributed by atoms with Gasteiger partial charge in [0, 0.05) is 18.2 Å². The Morgan fingerprint density at radius 2 is 2.39 bits per heavy atom. The molecule has 2 fully saturated rings. The number of aromatic nitrogens is 1. The predicted molar refractivity (Wildman–Crippen MR) is 70.6 cm³/mol. The van der Waals surface area contributed by atoms with Gasteiger partial charge in [0.2, 0.25) is 5.91 Å². The molecular formula is C12H14BrN3O2. The lowest BCUT2D eigenvalue weighted by atomic mass is 10.2. The molecule has 1 aromatic rings. The molecule has 0 bridgehead atoms. The van der Waals surface area contributed by atoms with Crippen molar-refractivity contribution in [2.75, 3.05) is 12.4 Å². The molecule has 3 rings (SSSR count). The van der Waals surface area contributed by atoms with E-state index in [4.69, 9.17) is 4.74 Å². The Bertz CT molecular complexity index is 484.